The van der Waals surface area contributed by atoms with Gasteiger partial charge in [-0.05, 0) is 42.7 Å². The van der Waals surface area contributed by atoms with E-state index >= 15 is 0 Å². The molecule has 0 saturated heterocycles. The molecule has 0 aromatic heterocycles. The van der Waals surface area contributed by atoms with Gasteiger partial charge in [0.05, 0.1) is 5.56 Å². The van der Waals surface area contributed by atoms with E-state index in [0.29, 0.717) is 5.56 Å². The Morgan fingerprint density at radius 1 is 1.09 bits per heavy atom. The van der Waals surface area contributed by atoms with Crippen LogP contribution in [0.5, 0.6) is 0 Å². The lowest BCUT2D eigenvalue weighted by Crippen LogP contribution is -2.16. The Balaban J connectivity index is 2.38. The van der Waals surface area contributed by atoms with Gasteiger partial charge in [-0.1, -0.05) is 63.6 Å². The maximum absolute atomic E-state index is 12.1. The van der Waals surface area contributed by atoms with Crippen LogP contribution in [0.2, 0.25) is 0 Å². The minimum Gasteiger partial charge on any atom is -0.446 e. The lowest BCUT2D eigenvalue weighted by Gasteiger charge is -2.12. The van der Waals surface area contributed by atoms with Gasteiger partial charge in [0.1, 0.15) is 0 Å². The van der Waals surface area contributed by atoms with Gasteiger partial charge < -0.3 is 4.74 Å². The van der Waals surface area contributed by atoms with Crippen LogP contribution >= 0.6 is 0 Å². The lowest BCUT2D eigenvalue weighted by atomic mass is 10.1. The Kier molecular flexibility index (Phi) is 10.1. The molecule has 23 heavy (non-hydrogen) atoms. The van der Waals surface area contributed by atoms with Crippen molar-refractivity contribution in [1.29, 1.82) is 0 Å². The number of ether oxygens (including phenoxy) is 1. The summed E-state index contributed by atoms with van der Waals surface area (Å²) < 4.78 is 5.48. The quantitative estimate of drug-likeness (QED) is 0.346. The van der Waals surface area contributed by atoms with Crippen LogP contribution in [-0.4, -0.2) is 12.1 Å². The predicted molar refractivity (Wildman–Crippen MR) is 94.9 cm³/mol. The van der Waals surface area contributed by atoms with E-state index in [9.17, 15) is 4.79 Å². The molecule has 1 aromatic rings. The molecule has 0 amide bonds. The lowest BCUT2D eigenvalue weighted by molar-refractivity contribution is 0.0393. The van der Waals surface area contributed by atoms with Gasteiger partial charge in [-0.3, -0.25) is 0 Å². The van der Waals surface area contributed by atoms with Crippen molar-refractivity contribution in [3.8, 4) is 24.2 Å². The van der Waals surface area contributed by atoms with Crippen LogP contribution in [0.25, 0.3) is 0 Å². The average Bonchev–Trinajstić information content (AvgIpc) is 2.59. The van der Waals surface area contributed by atoms with E-state index in [1.165, 1.54) is 32.1 Å². The summed E-state index contributed by atoms with van der Waals surface area (Å²) in [5, 5.41) is 0. The third-order valence-electron chi connectivity index (χ3n) is 3.63. The molecule has 0 aliphatic heterocycles. The summed E-state index contributed by atoms with van der Waals surface area (Å²) >= 11 is 0. The van der Waals surface area contributed by atoms with Crippen LogP contribution in [0.3, 0.4) is 0 Å². The van der Waals surface area contributed by atoms with Gasteiger partial charge in [0.15, 0.2) is 6.10 Å². The number of hydrogen-bond acceptors (Lipinski definition) is 2. The summed E-state index contributed by atoms with van der Waals surface area (Å²) in [5.41, 5.74) is 0.541. The highest BCUT2D eigenvalue weighted by molar-refractivity contribution is 5.89. The van der Waals surface area contributed by atoms with Crippen molar-refractivity contribution in [1.82, 2.24) is 0 Å². The highest BCUT2D eigenvalue weighted by atomic mass is 16.5. The number of carbonyl (C=O) groups excluding carboxylic acids is 1. The summed E-state index contributed by atoms with van der Waals surface area (Å²) in [6.45, 7) is 2.22. The second kappa shape index (κ2) is 12.4. The average molecular weight is 310 g/mol. The van der Waals surface area contributed by atoms with Crippen molar-refractivity contribution in [3.63, 3.8) is 0 Å². The zero-order valence-corrected chi connectivity index (χ0v) is 14.0. The fraction of sp³-hybridized carbons (Fsp3) is 0.476. The van der Waals surface area contributed by atoms with Crippen molar-refractivity contribution in [2.75, 3.05) is 0 Å². The van der Waals surface area contributed by atoms with Crippen molar-refractivity contribution in [3.05, 3.63) is 35.9 Å². The smallest absolute Gasteiger partial charge is 0.339 e. The largest absolute Gasteiger partial charge is 0.446 e. The van der Waals surface area contributed by atoms with Crippen LogP contribution in [0, 0.1) is 24.2 Å². The van der Waals surface area contributed by atoms with Gasteiger partial charge in [0.25, 0.3) is 0 Å². The van der Waals surface area contributed by atoms with Gasteiger partial charge >= 0.3 is 5.97 Å². The van der Waals surface area contributed by atoms with Crippen LogP contribution in [0.4, 0.5) is 0 Å². The van der Waals surface area contributed by atoms with Crippen molar-refractivity contribution in [2.45, 2.75) is 64.4 Å². The van der Waals surface area contributed by atoms with E-state index in [2.05, 4.69) is 24.7 Å². The molecule has 0 N–H and O–H groups in total. The minimum absolute atomic E-state index is 0.343. The molecule has 0 heterocycles. The zero-order chi connectivity index (χ0) is 16.8. The fourth-order valence-corrected chi connectivity index (χ4v) is 2.34. The first-order valence-electron chi connectivity index (χ1n) is 8.50. The highest BCUT2D eigenvalue weighted by Crippen LogP contribution is 2.12. The van der Waals surface area contributed by atoms with E-state index in [1.807, 2.05) is 18.2 Å². The van der Waals surface area contributed by atoms with E-state index < -0.39 is 6.10 Å². The Hall–Kier alpha value is -2.19. The number of carbonyl (C=O) groups is 1. The summed E-state index contributed by atoms with van der Waals surface area (Å²) in [6, 6.07) is 8.97. The normalized spacial score (nSPS) is 11.0. The molecule has 1 aromatic carbocycles. The molecule has 1 rings (SSSR count). The Morgan fingerprint density at radius 3 is 2.39 bits per heavy atom. The standard InChI is InChI=1S/C21H26O2/c1-3-5-7-8-9-10-14-18-20(17-6-4-2)23-21(22)19-15-12-11-13-16-19/h2,11-13,15-16,20H,3,5,7-10,14,18H2,1H3. The maximum atomic E-state index is 12.1. The summed E-state index contributed by atoms with van der Waals surface area (Å²) in [4.78, 5) is 12.1. The van der Waals surface area contributed by atoms with Crippen LogP contribution in [0.1, 0.15) is 68.6 Å². The van der Waals surface area contributed by atoms with E-state index in [0.717, 1.165) is 19.3 Å². The van der Waals surface area contributed by atoms with Gasteiger partial charge in [-0.2, -0.15) is 0 Å². The molecule has 122 valence electrons. The monoisotopic (exact) mass is 310 g/mol. The SMILES string of the molecule is C#CC#CC(CCCCCCCCC)OC(=O)c1ccccc1. The molecule has 2 nitrogen and oxygen atoms in total. The molecule has 0 bridgehead atoms. The fourth-order valence-electron chi connectivity index (χ4n) is 2.34. The molecule has 2 heteroatoms. The molecule has 0 fully saturated rings. The number of esters is 1. The molecule has 1 atom stereocenters. The van der Waals surface area contributed by atoms with E-state index in [1.54, 1.807) is 12.1 Å². The molecule has 0 aliphatic carbocycles. The predicted octanol–water partition coefficient (Wildman–Crippen LogP) is 4.99. The second-order valence-corrected chi connectivity index (χ2v) is 5.58. The van der Waals surface area contributed by atoms with E-state index in [4.69, 9.17) is 11.2 Å². The zero-order valence-electron chi connectivity index (χ0n) is 14.0. The number of rotatable bonds is 10. The Bertz CT molecular complexity index is 543. The van der Waals surface area contributed by atoms with Crippen LogP contribution in [0.15, 0.2) is 30.3 Å². The third-order valence-corrected chi connectivity index (χ3v) is 3.63. The first-order chi connectivity index (χ1) is 11.3. The van der Waals surface area contributed by atoms with Crippen LogP contribution < -0.4 is 0 Å². The topological polar surface area (TPSA) is 26.3 Å². The van der Waals surface area contributed by atoms with Crippen molar-refractivity contribution < 1.29 is 9.53 Å². The molecular weight excluding hydrogens is 284 g/mol. The summed E-state index contributed by atoms with van der Waals surface area (Å²) in [7, 11) is 0. The van der Waals surface area contributed by atoms with Gasteiger partial charge in [0, 0.05) is 0 Å². The molecule has 0 spiro atoms. The second-order valence-electron chi connectivity index (χ2n) is 5.58. The molecule has 1 unspecified atom stereocenters. The number of benzene rings is 1. The number of terminal acetylenes is 1. The Morgan fingerprint density at radius 2 is 1.74 bits per heavy atom. The van der Waals surface area contributed by atoms with Crippen molar-refractivity contribution >= 4 is 5.97 Å². The molecule has 0 radical (unpaired) electrons. The van der Waals surface area contributed by atoms with Gasteiger partial charge in [-0.25, -0.2) is 4.79 Å². The van der Waals surface area contributed by atoms with Crippen LogP contribution in [-0.2, 0) is 4.74 Å². The molecule has 0 aliphatic rings. The van der Waals surface area contributed by atoms with Gasteiger partial charge in [-0.15, -0.1) is 6.42 Å². The number of unbranched alkanes of at least 4 members (excludes halogenated alkanes) is 6. The minimum atomic E-state index is -0.422. The molecule has 0 saturated carbocycles. The summed E-state index contributed by atoms with van der Waals surface area (Å²) in [5.74, 6) is 7.37. The van der Waals surface area contributed by atoms with Gasteiger partial charge in [0.2, 0.25) is 0 Å². The number of hydrogen-bond donors (Lipinski definition) is 0. The Labute approximate surface area is 140 Å². The maximum Gasteiger partial charge on any atom is 0.339 e. The summed E-state index contributed by atoms with van der Waals surface area (Å²) in [6.07, 6.45) is 14.0. The first kappa shape index (κ1) is 18.9. The van der Waals surface area contributed by atoms with Crippen molar-refractivity contribution in [2.24, 2.45) is 0 Å². The van der Waals surface area contributed by atoms with E-state index in [-0.39, 0.29) is 5.97 Å². The third kappa shape index (κ3) is 8.74. The highest BCUT2D eigenvalue weighted by Gasteiger charge is 2.13. The molecular formula is C21H26O2. The first-order valence-corrected chi connectivity index (χ1v) is 8.50.